The zero-order valence-corrected chi connectivity index (χ0v) is 13.8. The normalized spacial score (nSPS) is 11.7. The van der Waals surface area contributed by atoms with Gasteiger partial charge < -0.3 is 14.8 Å². The number of nitrogens with zero attached hydrogens (tertiary/aromatic N) is 3. The molecule has 0 aliphatic carbocycles. The van der Waals surface area contributed by atoms with Crippen molar-refractivity contribution in [3.8, 4) is 0 Å². The van der Waals surface area contributed by atoms with E-state index in [1.165, 1.54) is 5.69 Å². The van der Waals surface area contributed by atoms with Crippen LogP contribution in [0.1, 0.15) is 5.69 Å². The Hall–Kier alpha value is -0.620. The van der Waals surface area contributed by atoms with Gasteiger partial charge in [0.2, 0.25) is 0 Å². The standard InChI is InChI=1S/C12H21BrN4S/c1-14-12(15-5-6-18-4)17(3)9-11-7-10(13)8-16(11)2/h7-8H,5-6,9H2,1-4H3,(H,14,15). The summed E-state index contributed by atoms with van der Waals surface area (Å²) in [5, 5.41) is 3.35. The highest BCUT2D eigenvalue weighted by molar-refractivity contribution is 9.10. The van der Waals surface area contributed by atoms with Gasteiger partial charge in [-0.15, -0.1) is 0 Å². The minimum Gasteiger partial charge on any atom is -0.355 e. The molecule has 0 atom stereocenters. The maximum absolute atomic E-state index is 4.29. The lowest BCUT2D eigenvalue weighted by Crippen LogP contribution is -2.39. The molecule has 1 heterocycles. The van der Waals surface area contributed by atoms with Crippen LogP contribution in [0.3, 0.4) is 0 Å². The van der Waals surface area contributed by atoms with Crippen LogP contribution >= 0.6 is 27.7 Å². The quantitative estimate of drug-likeness (QED) is 0.509. The fraction of sp³-hybridized carbons (Fsp3) is 0.583. The molecule has 0 saturated heterocycles. The molecule has 18 heavy (non-hydrogen) atoms. The Bertz CT molecular complexity index is 403. The molecule has 0 unspecified atom stereocenters. The second-order valence-corrected chi connectivity index (χ2v) is 5.98. The van der Waals surface area contributed by atoms with E-state index in [4.69, 9.17) is 0 Å². The van der Waals surface area contributed by atoms with E-state index in [-0.39, 0.29) is 0 Å². The fourth-order valence-corrected chi connectivity index (χ4v) is 2.57. The number of halogens is 1. The molecule has 0 radical (unpaired) electrons. The van der Waals surface area contributed by atoms with Crippen LogP contribution < -0.4 is 5.32 Å². The number of aliphatic imine (C=N–C) groups is 1. The number of aryl methyl sites for hydroxylation is 1. The number of hydrogen-bond donors (Lipinski definition) is 1. The van der Waals surface area contributed by atoms with E-state index in [2.05, 4.69) is 68.3 Å². The molecule has 0 aliphatic rings. The van der Waals surface area contributed by atoms with Crippen LogP contribution in [0.2, 0.25) is 0 Å². The van der Waals surface area contributed by atoms with Crippen molar-refractivity contribution in [2.75, 3.05) is 32.6 Å². The molecule has 0 aliphatic heterocycles. The molecular weight excluding hydrogens is 312 g/mol. The first kappa shape index (κ1) is 15.4. The molecule has 0 fully saturated rings. The second-order valence-electron chi connectivity index (χ2n) is 4.08. The van der Waals surface area contributed by atoms with Gasteiger partial charge in [0.1, 0.15) is 0 Å². The SMILES string of the molecule is CN=C(NCCSC)N(C)Cc1cc(Br)cn1C. The number of hydrogen-bond acceptors (Lipinski definition) is 2. The molecule has 0 saturated carbocycles. The summed E-state index contributed by atoms with van der Waals surface area (Å²) < 4.78 is 3.23. The molecule has 1 aromatic rings. The van der Waals surface area contributed by atoms with E-state index in [1.807, 2.05) is 18.8 Å². The number of guanidine groups is 1. The summed E-state index contributed by atoms with van der Waals surface area (Å²) in [6, 6.07) is 2.13. The van der Waals surface area contributed by atoms with Crippen LogP contribution in [0.5, 0.6) is 0 Å². The summed E-state index contributed by atoms with van der Waals surface area (Å²) in [5.74, 6) is 2.02. The molecule has 1 N–H and O–H groups in total. The summed E-state index contributed by atoms with van der Waals surface area (Å²) in [5.41, 5.74) is 1.25. The van der Waals surface area contributed by atoms with Crippen LogP contribution in [0.25, 0.3) is 0 Å². The average molecular weight is 333 g/mol. The van der Waals surface area contributed by atoms with E-state index in [1.54, 1.807) is 0 Å². The van der Waals surface area contributed by atoms with E-state index in [0.29, 0.717) is 0 Å². The maximum Gasteiger partial charge on any atom is 0.193 e. The lowest BCUT2D eigenvalue weighted by atomic mass is 10.4. The monoisotopic (exact) mass is 332 g/mol. The Balaban J connectivity index is 2.57. The number of rotatable bonds is 5. The Morgan fingerprint density at radius 3 is 2.83 bits per heavy atom. The van der Waals surface area contributed by atoms with Gasteiger partial charge in [-0.3, -0.25) is 4.99 Å². The average Bonchev–Trinajstić information content (AvgIpc) is 2.63. The summed E-state index contributed by atoms with van der Waals surface area (Å²) in [7, 11) is 5.92. The first-order chi connectivity index (χ1) is 8.58. The van der Waals surface area contributed by atoms with Gasteiger partial charge in [0.15, 0.2) is 5.96 Å². The van der Waals surface area contributed by atoms with Crippen molar-refractivity contribution >= 4 is 33.7 Å². The Kier molecular flexibility index (Phi) is 6.63. The molecular formula is C12H21BrN4S. The molecule has 4 nitrogen and oxygen atoms in total. The van der Waals surface area contributed by atoms with E-state index >= 15 is 0 Å². The van der Waals surface area contributed by atoms with Crippen LogP contribution in [-0.4, -0.2) is 48.1 Å². The summed E-state index contributed by atoms with van der Waals surface area (Å²) >= 11 is 5.32. The minimum atomic E-state index is 0.834. The second kappa shape index (κ2) is 7.74. The highest BCUT2D eigenvalue weighted by atomic mass is 79.9. The van der Waals surface area contributed by atoms with Crippen molar-refractivity contribution in [2.24, 2.45) is 12.0 Å². The number of thioether (sulfide) groups is 1. The Morgan fingerprint density at radius 2 is 2.33 bits per heavy atom. The molecule has 0 bridgehead atoms. The Morgan fingerprint density at radius 1 is 1.61 bits per heavy atom. The smallest absolute Gasteiger partial charge is 0.193 e. The van der Waals surface area contributed by atoms with Crippen molar-refractivity contribution < 1.29 is 0 Å². The van der Waals surface area contributed by atoms with Crippen LogP contribution in [0, 0.1) is 0 Å². The van der Waals surface area contributed by atoms with Crippen molar-refractivity contribution in [2.45, 2.75) is 6.54 Å². The first-order valence-corrected chi connectivity index (χ1v) is 7.98. The molecule has 6 heteroatoms. The molecule has 0 amide bonds. The van der Waals surface area contributed by atoms with Crippen molar-refractivity contribution in [3.63, 3.8) is 0 Å². The molecule has 1 aromatic heterocycles. The number of aromatic nitrogens is 1. The molecule has 0 aromatic carbocycles. The Labute approximate surface area is 122 Å². The summed E-state index contributed by atoms with van der Waals surface area (Å²) in [4.78, 5) is 6.42. The van der Waals surface area contributed by atoms with Crippen LogP contribution in [0.4, 0.5) is 0 Å². The minimum absolute atomic E-state index is 0.834. The highest BCUT2D eigenvalue weighted by Gasteiger charge is 2.08. The third kappa shape index (κ3) is 4.57. The van der Waals surface area contributed by atoms with Crippen molar-refractivity contribution in [1.82, 2.24) is 14.8 Å². The van der Waals surface area contributed by atoms with Gasteiger partial charge >= 0.3 is 0 Å². The van der Waals surface area contributed by atoms with Gasteiger partial charge in [-0.05, 0) is 28.3 Å². The topological polar surface area (TPSA) is 32.6 Å². The van der Waals surface area contributed by atoms with E-state index < -0.39 is 0 Å². The third-order valence-corrected chi connectivity index (χ3v) is 3.68. The zero-order valence-electron chi connectivity index (χ0n) is 11.4. The fourth-order valence-electron chi connectivity index (χ4n) is 1.69. The summed E-state index contributed by atoms with van der Waals surface area (Å²) in [6.07, 6.45) is 4.17. The molecule has 1 rings (SSSR count). The number of nitrogens with one attached hydrogen (secondary N) is 1. The van der Waals surface area contributed by atoms with Gasteiger partial charge in [0.25, 0.3) is 0 Å². The third-order valence-electron chi connectivity index (χ3n) is 2.64. The van der Waals surface area contributed by atoms with E-state index in [9.17, 15) is 0 Å². The van der Waals surface area contributed by atoms with Crippen LogP contribution in [0.15, 0.2) is 21.7 Å². The van der Waals surface area contributed by atoms with Crippen LogP contribution in [-0.2, 0) is 13.6 Å². The van der Waals surface area contributed by atoms with Gasteiger partial charge in [0.05, 0.1) is 6.54 Å². The first-order valence-electron chi connectivity index (χ1n) is 5.80. The van der Waals surface area contributed by atoms with Crippen molar-refractivity contribution in [3.05, 3.63) is 22.4 Å². The predicted octanol–water partition coefficient (Wildman–Crippen LogP) is 2.16. The maximum atomic E-state index is 4.29. The van der Waals surface area contributed by atoms with Gasteiger partial charge in [-0.25, -0.2) is 0 Å². The lowest BCUT2D eigenvalue weighted by Gasteiger charge is -2.22. The zero-order chi connectivity index (χ0) is 13.5. The predicted molar refractivity (Wildman–Crippen MR) is 84.3 cm³/mol. The van der Waals surface area contributed by atoms with Gasteiger partial charge in [-0.2, -0.15) is 11.8 Å². The van der Waals surface area contributed by atoms with Crippen molar-refractivity contribution in [1.29, 1.82) is 0 Å². The van der Waals surface area contributed by atoms with Gasteiger partial charge in [0, 0.05) is 49.8 Å². The van der Waals surface area contributed by atoms with Gasteiger partial charge in [-0.1, -0.05) is 0 Å². The lowest BCUT2D eigenvalue weighted by molar-refractivity contribution is 0.464. The largest absolute Gasteiger partial charge is 0.355 e. The molecule has 102 valence electrons. The van der Waals surface area contributed by atoms with E-state index in [0.717, 1.165) is 29.3 Å². The molecule has 0 spiro atoms. The summed E-state index contributed by atoms with van der Waals surface area (Å²) in [6.45, 7) is 1.77. The highest BCUT2D eigenvalue weighted by Crippen LogP contribution is 2.14.